The molecule has 0 radical (unpaired) electrons. The van der Waals surface area contributed by atoms with Crippen LogP contribution in [0.25, 0.3) is 0 Å². The molecule has 0 aromatic rings. The fraction of sp³-hybridized carbons (Fsp3) is 0.900. The molecule has 3 nitrogen and oxygen atoms in total. The summed E-state index contributed by atoms with van der Waals surface area (Å²) in [5.41, 5.74) is 0. The van der Waals surface area contributed by atoms with Gasteiger partial charge in [0.25, 0.3) is 0 Å². The Morgan fingerprint density at radius 3 is 2.85 bits per heavy atom. The molecule has 4 unspecified atom stereocenters. The van der Waals surface area contributed by atoms with Crippen LogP contribution >= 0.6 is 0 Å². The summed E-state index contributed by atoms with van der Waals surface area (Å²) in [6.07, 6.45) is 3.75. The normalized spacial score (nSPS) is 45.2. The third-order valence-electron chi connectivity index (χ3n) is 3.39. The molecule has 0 spiro atoms. The van der Waals surface area contributed by atoms with Crippen LogP contribution in [-0.4, -0.2) is 24.0 Å². The molecule has 2 fully saturated rings. The SMILES string of the molecule is CC1NC2CCCC(C)C2NC1=O. The van der Waals surface area contributed by atoms with E-state index in [1.165, 1.54) is 19.3 Å². The number of nitrogens with one attached hydrogen (secondary N) is 2. The summed E-state index contributed by atoms with van der Waals surface area (Å²) in [5.74, 6) is 0.790. The molecule has 0 aromatic heterocycles. The minimum atomic E-state index is -0.00782. The van der Waals surface area contributed by atoms with Gasteiger partial charge in [0.2, 0.25) is 5.91 Å². The van der Waals surface area contributed by atoms with Crippen molar-refractivity contribution in [3.8, 4) is 0 Å². The Kier molecular flexibility index (Phi) is 2.28. The largest absolute Gasteiger partial charge is 0.350 e. The maximum atomic E-state index is 11.4. The molecule has 3 heteroatoms. The second-order valence-electron chi connectivity index (χ2n) is 4.44. The molecule has 13 heavy (non-hydrogen) atoms. The number of hydrogen-bond donors (Lipinski definition) is 2. The molecule has 1 aliphatic carbocycles. The fourth-order valence-corrected chi connectivity index (χ4v) is 2.53. The fourth-order valence-electron chi connectivity index (χ4n) is 2.53. The number of hydrogen-bond acceptors (Lipinski definition) is 2. The first-order valence-electron chi connectivity index (χ1n) is 5.25. The van der Waals surface area contributed by atoms with E-state index in [2.05, 4.69) is 17.6 Å². The van der Waals surface area contributed by atoms with Gasteiger partial charge in [-0.15, -0.1) is 0 Å². The van der Waals surface area contributed by atoms with E-state index in [-0.39, 0.29) is 11.9 Å². The Bertz CT molecular complexity index is 217. The van der Waals surface area contributed by atoms with Gasteiger partial charge in [0, 0.05) is 12.1 Å². The van der Waals surface area contributed by atoms with E-state index >= 15 is 0 Å². The van der Waals surface area contributed by atoms with Crippen LogP contribution in [0, 0.1) is 5.92 Å². The van der Waals surface area contributed by atoms with Crippen molar-refractivity contribution in [3.63, 3.8) is 0 Å². The van der Waals surface area contributed by atoms with Crippen LogP contribution < -0.4 is 10.6 Å². The standard InChI is InChI=1S/C10H18N2O/c1-6-4-3-5-8-9(6)12-10(13)7(2)11-8/h6-9,11H,3-5H2,1-2H3,(H,12,13). The lowest BCUT2D eigenvalue weighted by molar-refractivity contribution is -0.127. The first kappa shape index (κ1) is 9.00. The summed E-state index contributed by atoms with van der Waals surface area (Å²) in [6, 6.07) is 0.875. The zero-order valence-corrected chi connectivity index (χ0v) is 8.34. The Morgan fingerprint density at radius 2 is 2.08 bits per heavy atom. The van der Waals surface area contributed by atoms with Gasteiger partial charge < -0.3 is 10.6 Å². The zero-order valence-electron chi connectivity index (χ0n) is 8.34. The first-order chi connectivity index (χ1) is 6.18. The highest BCUT2D eigenvalue weighted by Gasteiger charge is 2.37. The minimum Gasteiger partial charge on any atom is -0.350 e. The molecular formula is C10H18N2O. The van der Waals surface area contributed by atoms with Crippen molar-refractivity contribution < 1.29 is 4.79 Å². The zero-order chi connectivity index (χ0) is 9.42. The highest BCUT2D eigenvalue weighted by molar-refractivity contribution is 5.82. The van der Waals surface area contributed by atoms with Gasteiger partial charge in [-0.25, -0.2) is 0 Å². The maximum absolute atomic E-state index is 11.4. The van der Waals surface area contributed by atoms with E-state index in [0.717, 1.165) is 0 Å². The van der Waals surface area contributed by atoms with E-state index in [4.69, 9.17) is 0 Å². The van der Waals surface area contributed by atoms with Crippen molar-refractivity contribution in [1.29, 1.82) is 0 Å². The molecule has 1 saturated carbocycles. The number of rotatable bonds is 0. The van der Waals surface area contributed by atoms with Crippen molar-refractivity contribution >= 4 is 5.91 Å². The minimum absolute atomic E-state index is 0.00782. The number of fused-ring (bicyclic) bond motifs is 1. The van der Waals surface area contributed by atoms with Gasteiger partial charge in [-0.2, -0.15) is 0 Å². The van der Waals surface area contributed by atoms with Gasteiger partial charge in [-0.3, -0.25) is 4.79 Å². The molecule has 4 atom stereocenters. The number of carbonyl (C=O) groups excluding carboxylic acids is 1. The monoisotopic (exact) mass is 182 g/mol. The van der Waals surface area contributed by atoms with Crippen LogP contribution in [0.1, 0.15) is 33.1 Å². The molecular weight excluding hydrogens is 164 g/mol. The van der Waals surface area contributed by atoms with Crippen molar-refractivity contribution in [2.24, 2.45) is 5.92 Å². The van der Waals surface area contributed by atoms with Crippen molar-refractivity contribution in [3.05, 3.63) is 0 Å². The topological polar surface area (TPSA) is 41.1 Å². The number of amides is 1. The third kappa shape index (κ3) is 1.57. The average molecular weight is 182 g/mol. The number of carbonyl (C=O) groups is 1. The molecule has 2 rings (SSSR count). The Balaban J connectivity index is 2.08. The van der Waals surface area contributed by atoms with Gasteiger partial charge in [0.1, 0.15) is 0 Å². The molecule has 0 bridgehead atoms. The molecule has 74 valence electrons. The summed E-state index contributed by atoms with van der Waals surface area (Å²) in [7, 11) is 0. The number of piperazine rings is 1. The third-order valence-corrected chi connectivity index (χ3v) is 3.39. The Labute approximate surface area is 79.3 Å². The Hall–Kier alpha value is -0.570. The molecule has 2 N–H and O–H groups in total. The lowest BCUT2D eigenvalue weighted by atomic mass is 9.80. The Morgan fingerprint density at radius 1 is 1.31 bits per heavy atom. The summed E-state index contributed by atoms with van der Waals surface area (Å²) in [5, 5.41) is 6.50. The molecule has 1 saturated heterocycles. The predicted octanol–water partition coefficient (Wildman–Crippen LogP) is 0.651. The van der Waals surface area contributed by atoms with Crippen molar-refractivity contribution in [1.82, 2.24) is 10.6 Å². The van der Waals surface area contributed by atoms with Gasteiger partial charge in [-0.1, -0.05) is 13.3 Å². The van der Waals surface area contributed by atoms with Crippen LogP contribution in [-0.2, 0) is 4.79 Å². The second-order valence-corrected chi connectivity index (χ2v) is 4.44. The van der Waals surface area contributed by atoms with Gasteiger partial charge in [0.15, 0.2) is 0 Å². The van der Waals surface area contributed by atoms with E-state index in [0.29, 0.717) is 18.0 Å². The molecule has 0 aromatic carbocycles. The lowest BCUT2D eigenvalue weighted by Gasteiger charge is -2.43. The average Bonchev–Trinajstić information content (AvgIpc) is 2.09. The van der Waals surface area contributed by atoms with E-state index in [1.54, 1.807) is 0 Å². The smallest absolute Gasteiger partial charge is 0.237 e. The molecule has 2 aliphatic rings. The second kappa shape index (κ2) is 3.29. The van der Waals surface area contributed by atoms with E-state index in [1.807, 2.05) is 6.92 Å². The predicted molar refractivity (Wildman–Crippen MR) is 51.3 cm³/mol. The highest BCUT2D eigenvalue weighted by atomic mass is 16.2. The van der Waals surface area contributed by atoms with E-state index in [9.17, 15) is 4.79 Å². The first-order valence-corrected chi connectivity index (χ1v) is 5.25. The molecule has 1 aliphatic heterocycles. The van der Waals surface area contributed by atoms with E-state index < -0.39 is 0 Å². The quantitative estimate of drug-likeness (QED) is 0.577. The van der Waals surface area contributed by atoms with Crippen LogP contribution in [0.2, 0.25) is 0 Å². The summed E-state index contributed by atoms with van der Waals surface area (Å²) < 4.78 is 0. The van der Waals surface area contributed by atoms with Crippen LogP contribution in [0.15, 0.2) is 0 Å². The summed E-state index contributed by atoms with van der Waals surface area (Å²) in [6.45, 7) is 4.17. The van der Waals surface area contributed by atoms with Crippen molar-refractivity contribution in [2.45, 2.75) is 51.2 Å². The summed E-state index contributed by atoms with van der Waals surface area (Å²) in [4.78, 5) is 11.4. The van der Waals surface area contributed by atoms with Crippen molar-refractivity contribution in [2.75, 3.05) is 0 Å². The molecule has 1 heterocycles. The van der Waals surface area contributed by atoms with Gasteiger partial charge >= 0.3 is 0 Å². The highest BCUT2D eigenvalue weighted by Crippen LogP contribution is 2.26. The van der Waals surface area contributed by atoms with Crippen LogP contribution in [0.3, 0.4) is 0 Å². The van der Waals surface area contributed by atoms with Crippen LogP contribution in [0.4, 0.5) is 0 Å². The summed E-state index contributed by atoms with van der Waals surface area (Å²) >= 11 is 0. The van der Waals surface area contributed by atoms with Gasteiger partial charge in [0.05, 0.1) is 6.04 Å². The van der Waals surface area contributed by atoms with Crippen LogP contribution in [0.5, 0.6) is 0 Å². The maximum Gasteiger partial charge on any atom is 0.237 e. The molecule has 1 amide bonds. The van der Waals surface area contributed by atoms with Gasteiger partial charge in [-0.05, 0) is 25.7 Å². The lowest BCUT2D eigenvalue weighted by Crippen LogP contribution is -2.65.